The van der Waals surface area contributed by atoms with E-state index in [2.05, 4.69) is 4.74 Å². The van der Waals surface area contributed by atoms with Crippen molar-refractivity contribution in [3.8, 4) is 0 Å². The fourth-order valence-corrected chi connectivity index (χ4v) is 0.823. The summed E-state index contributed by atoms with van der Waals surface area (Å²) < 4.78 is 13.2. The second kappa shape index (κ2) is 7.94. The van der Waals surface area contributed by atoms with E-state index in [9.17, 15) is 4.79 Å². The number of cyclic esters (lactones) is 1. The average molecular weight is 395 g/mol. The van der Waals surface area contributed by atoms with Crippen LogP contribution in [0.2, 0.25) is 0 Å². The van der Waals surface area contributed by atoms with E-state index in [1.807, 2.05) is 0 Å². The van der Waals surface area contributed by atoms with Crippen molar-refractivity contribution in [3.05, 3.63) is 11.5 Å². The SMILES string of the molecule is O=C1O[C@H](C(O)CO)C(O)=C1O.O=P(O)(O)O.[SnH2]. The molecule has 106 valence electrons. The summed E-state index contributed by atoms with van der Waals surface area (Å²) in [5.41, 5.74) is 0. The fraction of sp³-hybridized carbons (Fsp3) is 0.500. The van der Waals surface area contributed by atoms with Crippen molar-refractivity contribution in [2.24, 2.45) is 0 Å². The third-order valence-corrected chi connectivity index (χ3v) is 1.48. The Kier molecular flexibility index (Phi) is 8.81. The number of carbonyl (C=O) groups is 1. The monoisotopic (exact) mass is 396 g/mol. The zero-order valence-corrected chi connectivity index (χ0v) is 13.8. The molecule has 0 aliphatic carbocycles. The Morgan fingerprint density at radius 1 is 1.28 bits per heavy atom. The van der Waals surface area contributed by atoms with Gasteiger partial charge in [-0.2, -0.15) is 0 Å². The molecule has 0 aromatic heterocycles. The molecule has 10 nitrogen and oxygen atoms in total. The molecule has 1 heterocycles. The molecule has 1 aliphatic rings. The molecule has 1 rings (SSSR count). The second-order valence-corrected chi connectivity index (χ2v) is 3.85. The molecule has 0 saturated heterocycles. The van der Waals surface area contributed by atoms with Gasteiger partial charge in [0, 0.05) is 0 Å². The van der Waals surface area contributed by atoms with Gasteiger partial charge in [-0.05, 0) is 0 Å². The molecular formula is C6H13O10PSn. The van der Waals surface area contributed by atoms with Crippen LogP contribution in [-0.4, -0.2) is 83.8 Å². The predicted molar refractivity (Wildman–Crippen MR) is 58.1 cm³/mol. The molecule has 12 heteroatoms. The molecule has 1 unspecified atom stereocenters. The van der Waals surface area contributed by atoms with Crippen molar-refractivity contribution in [1.82, 2.24) is 0 Å². The minimum atomic E-state index is -4.64. The Balaban J connectivity index is 0. The van der Waals surface area contributed by atoms with Crippen molar-refractivity contribution in [2.75, 3.05) is 6.61 Å². The van der Waals surface area contributed by atoms with Crippen LogP contribution in [0.15, 0.2) is 11.5 Å². The third kappa shape index (κ3) is 7.16. The van der Waals surface area contributed by atoms with Gasteiger partial charge >= 0.3 is 37.7 Å². The van der Waals surface area contributed by atoms with Crippen LogP contribution in [0.1, 0.15) is 0 Å². The Morgan fingerprint density at radius 2 is 1.67 bits per heavy atom. The molecule has 2 atom stereocenters. The topological polar surface area (TPSA) is 185 Å². The number of ether oxygens (including phenoxy) is 1. The van der Waals surface area contributed by atoms with Crippen molar-refractivity contribution in [2.45, 2.75) is 12.2 Å². The zero-order chi connectivity index (χ0) is 13.8. The van der Waals surface area contributed by atoms with Crippen molar-refractivity contribution < 1.29 is 49.2 Å². The number of hydrogen-bond donors (Lipinski definition) is 7. The van der Waals surface area contributed by atoms with Gasteiger partial charge in [-0.25, -0.2) is 9.36 Å². The minimum absolute atomic E-state index is 0. The standard InChI is InChI=1S/C6H8O6.H3O4P.Sn.2H/c7-1-2(8)5-3(9)4(10)6(11)12-5;1-5(2,3)4;;;/h2,5,7-10H,1H2;(H3,1,2,3,4);;;/t2?,5-;;;;/m1..../s1. The molecule has 1 aliphatic heterocycles. The number of hydrogen-bond acceptors (Lipinski definition) is 7. The summed E-state index contributed by atoms with van der Waals surface area (Å²) in [4.78, 5) is 32.1. The summed E-state index contributed by atoms with van der Waals surface area (Å²) >= 11 is 0. The molecule has 0 bridgehead atoms. The van der Waals surface area contributed by atoms with E-state index < -0.39 is 44.1 Å². The molecule has 7 N–H and O–H groups in total. The maximum atomic E-state index is 10.5. The van der Waals surface area contributed by atoms with Crippen LogP contribution in [0, 0.1) is 0 Å². The molecule has 0 spiro atoms. The van der Waals surface area contributed by atoms with E-state index in [0.29, 0.717) is 0 Å². The van der Waals surface area contributed by atoms with Crippen LogP contribution in [0.5, 0.6) is 0 Å². The molecular weight excluding hydrogens is 382 g/mol. The Hall–Kier alpha value is -0.361. The van der Waals surface area contributed by atoms with Gasteiger partial charge < -0.3 is 39.8 Å². The molecule has 0 aromatic carbocycles. The number of aliphatic hydroxyl groups excluding tert-OH is 4. The quantitative estimate of drug-likeness (QED) is 0.142. The summed E-state index contributed by atoms with van der Waals surface area (Å²) in [5, 5.41) is 35.0. The van der Waals surface area contributed by atoms with Crippen molar-refractivity contribution >= 4 is 37.7 Å². The van der Waals surface area contributed by atoms with E-state index >= 15 is 0 Å². The van der Waals surface area contributed by atoms with Crippen LogP contribution >= 0.6 is 7.82 Å². The van der Waals surface area contributed by atoms with Gasteiger partial charge in [0.1, 0.15) is 6.10 Å². The molecule has 18 heavy (non-hydrogen) atoms. The fourth-order valence-electron chi connectivity index (χ4n) is 0.823. The first-order valence-electron chi connectivity index (χ1n) is 3.98. The van der Waals surface area contributed by atoms with Gasteiger partial charge in [-0.3, -0.25) is 0 Å². The molecule has 2 radical (unpaired) electrons. The molecule has 0 fully saturated rings. The molecule has 0 saturated carbocycles. The predicted octanol–water partition coefficient (Wildman–Crippen LogP) is -3.25. The number of rotatable bonds is 2. The van der Waals surface area contributed by atoms with E-state index in [0.717, 1.165) is 0 Å². The maximum absolute atomic E-state index is 10.5. The second-order valence-electron chi connectivity index (χ2n) is 2.82. The average Bonchev–Trinajstić information content (AvgIpc) is 2.42. The van der Waals surface area contributed by atoms with Gasteiger partial charge in [-0.15, -0.1) is 0 Å². The number of esters is 1. The molecule has 0 aromatic rings. The van der Waals surface area contributed by atoms with E-state index in [-0.39, 0.29) is 23.9 Å². The van der Waals surface area contributed by atoms with E-state index in [1.54, 1.807) is 0 Å². The number of aliphatic hydroxyl groups is 4. The summed E-state index contributed by atoms with van der Waals surface area (Å²) in [6.07, 6.45) is -2.78. The number of phosphoric acid groups is 1. The van der Waals surface area contributed by atoms with E-state index in [4.69, 9.17) is 39.7 Å². The van der Waals surface area contributed by atoms with Crippen LogP contribution in [0.25, 0.3) is 0 Å². The Labute approximate surface area is 117 Å². The Morgan fingerprint density at radius 3 is 1.89 bits per heavy atom. The van der Waals surface area contributed by atoms with Crippen LogP contribution in [0.4, 0.5) is 0 Å². The number of carbonyl (C=O) groups excluding carboxylic acids is 1. The van der Waals surface area contributed by atoms with Crippen molar-refractivity contribution in [1.29, 1.82) is 0 Å². The van der Waals surface area contributed by atoms with Crippen molar-refractivity contribution in [3.63, 3.8) is 0 Å². The Bertz CT molecular complexity index is 353. The van der Waals surface area contributed by atoms with Gasteiger partial charge in [0.2, 0.25) is 5.76 Å². The summed E-state index contributed by atoms with van der Waals surface area (Å²) in [6.45, 7) is -0.671. The zero-order valence-electron chi connectivity index (χ0n) is 8.87. The van der Waals surface area contributed by atoms with Gasteiger partial charge in [0.15, 0.2) is 11.9 Å². The van der Waals surface area contributed by atoms with E-state index in [1.165, 1.54) is 0 Å². The van der Waals surface area contributed by atoms with Crippen LogP contribution in [0.3, 0.4) is 0 Å². The summed E-state index contributed by atoms with van der Waals surface area (Å²) in [6, 6.07) is 0. The first-order chi connectivity index (χ1) is 7.57. The van der Waals surface area contributed by atoms with Gasteiger partial charge in [0.25, 0.3) is 0 Å². The summed E-state index contributed by atoms with van der Waals surface area (Å²) in [7, 11) is -4.64. The first kappa shape index (κ1) is 20.0. The third-order valence-electron chi connectivity index (χ3n) is 1.48. The molecule has 0 amide bonds. The summed E-state index contributed by atoms with van der Waals surface area (Å²) in [5.74, 6) is -2.78. The normalized spacial score (nSPS) is 20.5. The van der Waals surface area contributed by atoms with Gasteiger partial charge in [-0.1, -0.05) is 0 Å². The van der Waals surface area contributed by atoms with Gasteiger partial charge in [0.05, 0.1) is 6.61 Å². The van der Waals surface area contributed by atoms with Crippen LogP contribution < -0.4 is 0 Å². The first-order valence-corrected chi connectivity index (χ1v) is 5.54. The van der Waals surface area contributed by atoms with Crippen LogP contribution in [-0.2, 0) is 14.1 Å².